The smallest absolute Gasteiger partial charge is 0.234 e. The number of rotatable bonds is 2. The van der Waals surface area contributed by atoms with Gasteiger partial charge < -0.3 is 10.6 Å². The van der Waals surface area contributed by atoms with Crippen molar-refractivity contribution in [2.45, 2.75) is 44.7 Å². The molecular formula is C13H17N5. The van der Waals surface area contributed by atoms with E-state index in [-0.39, 0.29) is 5.82 Å². The first-order valence-electron chi connectivity index (χ1n) is 6.64. The minimum atomic E-state index is 0.288. The maximum atomic E-state index is 9.01. The normalized spacial score (nSPS) is 19.3. The molecule has 1 aliphatic carbocycles. The summed E-state index contributed by atoms with van der Waals surface area (Å²) >= 11 is 0. The van der Waals surface area contributed by atoms with Gasteiger partial charge in [-0.15, -0.1) is 0 Å². The first-order chi connectivity index (χ1) is 8.86. The Kier molecular flexibility index (Phi) is 3.11. The van der Waals surface area contributed by atoms with E-state index in [1.54, 1.807) is 0 Å². The standard InChI is InChI=1S/C13H17N5/c14-7-12-17-11-5-6-15-8-10(11)13(18-12)16-9-3-1-2-4-9/h9,15H,1-6,8H2,(H,16,17,18). The van der Waals surface area contributed by atoms with Crippen molar-refractivity contribution < 1.29 is 0 Å². The van der Waals surface area contributed by atoms with Crippen LogP contribution in [0.25, 0.3) is 0 Å². The van der Waals surface area contributed by atoms with Crippen LogP contribution in [-0.2, 0) is 13.0 Å². The minimum Gasteiger partial charge on any atom is -0.367 e. The van der Waals surface area contributed by atoms with Gasteiger partial charge >= 0.3 is 0 Å². The minimum absolute atomic E-state index is 0.288. The number of hydrogen-bond donors (Lipinski definition) is 2. The zero-order chi connectivity index (χ0) is 12.4. The topological polar surface area (TPSA) is 73.6 Å². The Labute approximate surface area is 107 Å². The lowest BCUT2D eigenvalue weighted by molar-refractivity contribution is 0.622. The molecule has 3 rings (SSSR count). The highest BCUT2D eigenvalue weighted by Crippen LogP contribution is 2.25. The Morgan fingerprint density at radius 3 is 2.89 bits per heavy atom. The molecule has 18 heavy (non-hydrogen) atoms. The quantitative estimate of drug-likeness (QED) is 0.820. The van der Waals surface area contributed by atoms with Crippen LogP contribution in [0.4, 0.5) is 5.82 Å². The van der Waals surface area contributed by atoms with Crippen molar-refractivity contribution in [3.05, 3.63) is 17.1 Å². The summed E-state index contributed by atoms with van der Waals surface area (Å²) in [6.45, 7) is 1.73. The van der Waals surface area contributed by atoms with E-state index in [0.29, 0.717) is 6.04 Å². The number of hydrogen-bond acceptors (Lipinski definition) is 5. The molecule has 0 spiro atoms. The summed E-state index contributed by atoms with van der Waals surface area (Å²) in [6, 6.07) is 2.57. The molecule has 0 aromatic carbocycles. The molecule has 2 N–H and O–H groups in total. The Morgan fingerprint density at radius 1 is 1.28 bits per heavy atom. The molecular weight excluding hydrogens is 226 g/mol. The van der Waals surface area contributed by atoms with E-state index >= 15 is 0 Å². The molecule has 1 saturated carbocycles. The number of anilines is 1. The highest BCUT2D eigenvalue weighted by Gasteiger charge is 2.21. The molecule has 2 aliphatic rings. The van der Waals surface area contributed by atoms with E-state index in [0.717, 1.165) is 36.6 Å². The van der Waals surface area contributed by atoms with Crippen molar-refractivity contribution in [1.29, 1.82) is 5.26 Å². The van der Waals surface area contributed by atoms with E-state index in [4.69, 9.17) is 5.26 Å². The van der Waals surface area contributed by atoms with Crippen LogP contribution in [-0.4, -0.2) is 22.6 Å². The molecule has 2 heterocycles. The third kappa shape index (κ3) is 2.16. The fourth-order valence-electron chi connectivity index (χ4n) is 2.78. The van der Waals surface area contributed by atoms with Crippen molar-refractivity contribution in [1.82, 2.24) is 15.3 Å². The van der Waals surface area contributed by atoms with Gasteiger partial charge in [-0.1, -0.05) is 12.8 Å². The highest BCUT2D eigenvalue weighted by atomic mass is 15.1. The second kappa shape index (κ2) is 4.91. The summed E-state index contributed by atoms with van der Waals surface area (Å²) < 4.78 is 0. The molecule has 0 radical (unpaired) electrons. The van der Waals surface area contributed by atoms with E-state index < -0.39 is 0 Å². The number of nitriles is 1. The first-order valence-corrected chi connectivity index (χ1v) is 6.64. The van der Waals surface area contributed by atoms with Gasteiger partial charge in [0.25, 0.3) is 0 Å². The summed E-state index contributed by atoms with van der Waals surface area (Å²) in [5.41, 5.74) is 2.17. The average molecular weight is 243 g/mol. The van der Waals surface area contributed by atoms with E-state index in [9.17, 15) is 0 Å². The van der Waals surface area contributed by atoms with Crippen LogP contribution in [0.1, 0.15) is 42.8 Å². The maximum Gasteiger partial charge on any atom is 0.234 e. The van der Waals surface area contributed by atoms with Crippen LogP contribution in [0, 0.1) is 11.3 Å². The highest BCUT2D eigenvalue weighted by molar-refractivity contribution is 5.49. The Balaban J connectivity index is 1.93. The molecule has 94 valence electrons. The molecule has 0 atom stereocenters. The van der Waals surface area contributed by atoms with Gasteiger partial charge in [0.2, 0.25) is 5.82 Å². The monoisotopic (exact) mass is 243 g/mol. The maximum absolute atomic E-state index is 9.01. The summed E-state index contributed by atoms with van der Waals surface area (Å²) in [6.07, 6.45) is 5.86. The predicted octanol–water partition coefficient (Wildman–Crippen LogP) is 1.35. The van der Waals surface area contributed by atoms with Gasteiger partial charge in [0, 0.05) is 31.1 Å². The van der Waals surface area contributed by atoms with Gasteiger partial charge in [-0.2, -0.15) is 5.26 Å². The fraction of sp³-hybridized carbons (Fsp3) is 0.615. The van der Waals surface area contributed by atoms with Crippen molar-refractivity contribution in [2.75, 3.05) is 11.9 Å². The second-order valence-corrected chi connectivity index (χ2v) is 4.99. The number of aromatic nitrogens is 2. The molecule has 0 saturated heterocycles. The third-order valence-corrected chi connectivity index (χ3v) is 3.73. The van der Waals surface area contributed by atoms with Crippen molar-refractivity contribution in [2.24, 2.45) is 0 Å². The zero-order valence-electron chi connectivity index (χ0n) is 10.4. The predicted molar refractivity (Wildman–Crippen MR) is 68.0 cm³/mol. The van der Waals surface area contributed by atoms with E-state index in [2.05, 4.69) is 26.7 Å². The SMILES string of the molecule is N#Cc1nc2c(c(NC3CCCC3)n1)CNCC2. The van der Waals surface area contributed by atoms with Crippen LogP contribution in [0.15, 0.2) is 0 Å². The van der Waals surface area contributed by atoms with Crippen LogP contribution in [0.3, 0.4) is 0 Å². The molecule has 5 nitrogen and oxygen atoms in total. The van der Waals surface area contributed by atoms with Gasteiger partial charge in [-0.3, -0.25) is 0 Å². The summed E-state index contributed by atoms with van der Waals surface area (Å²) in [4.78, 5) is 8.66. The fourth-order valence-corrected chi connectivity index (χ4v) is 2.78. The summed E-state index contributed by atoms with van der Waals surface area (Å²) in [7, 11) is 0. The number of nitrogens with zero attached hydrogens (tertiary/aromatic N) is 3. The van der Waals surface area contributed by atoms with Crippen molar-refractivity contribution in [3.63, 3.8) is 0 Å². The molecule has 1 fully saturated rings. The van der Waals surface area contributed by atoms with Crippen molar-refractivity contribution in [3.8, 4) is 6.07 Å². The molecule has 0 unspecified atom stereocenters. The van der Waals surface area contributed by atoms with Crippen LogP contribution >= 0.6 is 0 Å². The number of nitrogens with one attached hydrogen (secondary N) is 2. The lowest BCUT2D eigenvalue weighted by atomic mass is 10.1. The summed E-state index contributed by atoms with van der Waals surface area (Å²) in [5.74, 6) is 1.16. The van der Waals surface area contributed by atoms with Gasteiger partial charge in [-0.25, -0.2) is 9.97 Å². The first kappa shape index (κ1) is 11.4. The Morgan fingerprint density at radius 2 is 2.11 bits per heavy atom. The van der Waals surface area contributed by atoms with Gasteiger partial charge in [0.05, 0.1) is 5.69 Å². The van der Waals surface area contributed by atoms with Crippen LogP contribution in [0.2, 0.25) is 0 Å². The van der Waals surface area contributed by atoms with Crippen LogP contribution < -0.4 is 10.6 Å². The molecule has 5 heteroatoms. The van der Waals surface area contributed by atoms with Gasteiger partial charge in [0.15, 0.2) is 0 Å². The van der Waals surface area contributed by atoms with Crippen LogP contribution in [0.5, 0.6) is 0 Å². The molecule has 0 bridgehead atoms. The second-order valence-electron chi connectivity index (χ2n) is 4.99. The van der Waals surface area contributed by atoms with Gasteiger partial charge in [0.1, 0.15) is 11.9 Å². The lowest BCUT2D eigenvalue weighted by Crippen LogP contribution is -2.28. The lowest BCUT2D eigenvalue weighted by Gasteiger charge is -2.21. The Bertz CT molecular complexity index is 485. The largest absolute Gasteiger partial charge is 0.367 e. The van der Waals surface area contributed by atoms with Gasteiger partial charge in [-0.05, 0) is 12.8 Å². The molecule has 1 aromatic rings. The molecule has 0 amide bonds. The van der Waals surface area contributed by atoms with E-state index in [1.165, 1.54) is 25.7 Å². The average Bonchev–Trinajstić information content (AvgIpc) is 2.91. The molecule has 1 aromatic heterocycles. The molecule has 1 aliphatic heterocycles. The Hall–Kier alpha value is -1.67. The number of fused-ring (bicyclic) bond motifs is 1. The zero-order valence-corrected chi connectivity index (χ0v) is 10.4. The van der Waals surface area contributed by atoms with Crippen molar-refractivity contribution >= 4 is 5.82 Å². The summed E-state index contributed by atoms with van der Waals surface area (Å²) in [5, 5.41) is 15.8. The van der Waals surface area contributed by atoms with E-state index in [1.807, 2.05) is 0 Å². The third-order valence-electron chi connectivity index (χ3n) is 3.73.